The number of aliphatic hydroxyl groups excluding tert-OH is 1. The Morgan fingerprint density at radius 2 is 1.54 bits per heavy atom. The molecule has 5 aliphatic carbocycles. The van der Waals surface area contributed by atoms with Crippen LogP contribution in [0.15, 0.2) is 11.6 Å². The van der Waals surface area contributed by atoms with Gasteiger partial charge in [-0.2, -0.15) is 0 Å². The van der Waals surface area contributed by atoms with Gasteiger partial charge in [0.1, 0.15) is 0 Å². The van der Waals surface area contributed by atoms with Gasteiger partial charge in [-0.25, -0.2) is 0 Å². The molecule has 0 radical (unpaired) electrons. The molecule has 3 unspecified atom stereocenters. The lowest BCUT2D eigenvalue weighted by Crippen LogP contribution is -2.67. The Balaban J connectivity index is 1.68. The van der Waals surface area contributed by atoms with E-state index in [-0.39, 0.29) is 34.7 Å². The van der Waals surface area contributed by atoms with Crippen molar-refractivity contribution in [3.05, 3.63) is 11.6 Å². The number of aliphatic hydroxyl groups is 1. The molecule has 4 fully saturated rings. The van der Waals surface area contributed by atoms with Crippen molar-refractivity contribution in [1.82, 2.24) is 0 Å². The summed E-state index contributed by atoms with van der Waals surface area (Å²) in [5, 5.41) is 32.5. The van der Waals surface area contributed by atoms with E-state index in [0.29, 0.717) is 31.1 Å². The molecular formula is C30H46O5. The lowest BCUT2D eigenvalue weighted by molar-refractivity contribution is -0.216. The lowest BCUT2D eigenvalue weighted by Gasteiger charge is -2.70. The first-order valence-corrected chi connectivity index (χ1v) is 14.1. The summed E-state index contributed by atoms with van der Waals surface area (Å²) in [6, 6.07) is 0. The van der Waals surface area contributed by atoms with Crippen molar-refractivity contribution in [1.29, 1.82) is 0 Å². The van der Waals surface area contributed by atoms with Crippen LogP contribution >= 0.6 is 0 Å². The molecule has 0 heterocycles. The highest BCUT2D eigenvalue weighted by molar-refractivity contribution is 5.84. The van der Waals surface area contributed by atoms with Crippen LogP contribution in [0.4, 0.5) is 0 Å². The highest BCUT2D eigenvalue weighted by Gasteiger charge is 2.73. The highest BCUT2D eigenvalue weighted by Crippen LogP contribution is 2.75. The van der Waals surface area contributed by atoms with Crippen LogP contribution in [0.5, 0.6) is 0 Å². The van der Waals surface area contributed by atoms with Crippen LogP contribution in [0, 0.1) is 56.7 Å². The Kier molecular flexibility index (Phi) is 5.48. The Morgan fingerprint density at radius 3 is 2.17 bits per heavy atom. The maximum absolute atomic E-state index is 13.5. The van der Waals surface area contributed by atoms with Gasteiger partial charge >= 0.3 is 11.9 Å². The molecule has 5 rings (SSSR count). The van der Waals surface area contributed by atoms with Crippen molar-refractivity contribution in [2.75, 3.05) is 0 Å². The maximum atomic E-state index is 13.5. The molecule has 0 aromatic carbocycles. The van der Waals surface area contributed by atoms with Gasteiger partial charge in [0.15, 0.2) is 0 Å². The minimum Gasteiger partial charge on any atom is -0.481 e. The summed E-state index contributed by atoms with van der Waals surface area (Å²) >= 11 is 0. The molecule has 0 bridgehead atoms. The first-order chi connectivity index (χ1) is 16.2. The monoisotopic (exact) mass is 486 g/mol. The quantitative estimate of drug-likeness (QED) is 0.407. The minimum absolute atomic E-state index is 0.0347. The number of hydrogen-bond acceptors (Lipinski definition) is 3. The first-order valence-electron chi connectivity index (χ1n) is 14.1. The molecule has 5 nitrogen and oxygen atoms in total. The third-order valence-corrected chi connectivity index (χ3v) is 13.2. The van der Waals surface area contributed by atoms with Crippen LogP contribution in [-0.2, 0) is 9.59 Å². The van der Waals surface area contributed by atoms with Gasteiger partial charge in [-0.05, 0) is 104 Å². The first kappa shape index (κ1) is 25.3. The van der Waals surface area contributed by atoms with E-state index in [0.717, 1.165) is 44.1 Å². The predicted octanol–water partition coefficient (Wildman–Crippen LogP) is 6.15. The molecule has 4 saturated carbocycles. The van der Waals surface area contributed by atoms with E-state index in [1.807, 2.05) is 0 Å². The number of rotatable bonds is 2. The molecule has 35 heavy (non-hydrogen) atoms. The molecule has 196 valence electrons. The Bertz CT molecular complexity index is 968. The Morgan fingerprint density at radius 1 is 0.857 bits per heavy atom. The molecule has 0 aromatic rings. The van der Waals surface area contributed by atoms with E-state index >= 15 is 0 Å². The van der Waals surface area contributed by atoms with Gasteiger partial charge < -0.3 is 15.3 Å². The van der Waals surface area contributed by atoms with E-state index in [4.69, 9.17) is 0 Å². The fourth-order valence-corrected chi connectivity index (χ4v) is 11.0. The second-order valence-corrected chi connectivity index (χ2v) is 14.4. The summed E-state index contributed by atoms with van der Waals surface area (Å²) in [5.41, 5.74) is -1.53. The number of hydrogen-bond donors (Lipinski definition) is 3. The number of carboxylic acid groups (broad SMARTS) is 2. The van der Waals surface area contributed by atoms with Crippen LogP contribution in [0.2, 0.25) is 0 Å². The summed E-state index contributed by atoms with van der Waals surface area (Å²) in [7, 11) is 0. The average Bonchev–Trinajstić information content (AvgIpc) is 2.78. The maximum Gasteiger partial charge on any atom is 0.314 e. The van der Waals surface area contributed by atoms with E-state index in [9.17, 15) is 24.9 Å². The second kappa shape index (κ2) is 7.58. The van der Waals surface area contributed by atoms with Crippen molar-refractivity contribution < 1.29 is 24.9 Å². The molecule has 5 aliphatic rings. The van der Waals surface area contributed by atoms with Crippen LogP contribution < -0.4 is 0 Å². The third kappa shape index (κ3) is 2.85. The molecular weight excluding hydrogens is 440 g/mol. The largest absolute Gasteiger partial charge is 0.481 e. The van der Waals surface area contributed by atoms with Gasteiger partial charge in [0, 0.05) is 0 Å². The van der Waals surface area contributed by atoms with Gasteiger partial charge in [0.05, 0.1) is 16.9 Å². The number of fused-ring (bicyclic) bond motifs is 7. The topological polar surface area (TPSA) is 94.8 Å². The fourth-order valence-electron chi connectivity index (χ4n) is 11.0. The molecule has 0 aliphatic heterocycles. The van der Waals surface area contributed by atoms with Crippen molar-refractivity contribution in [2.45, 2.75) is 105 Å². The summed E-state index contributed by atoms with van der Waals surface area (Å²) in [6.07, 6.45) is 8.62. The predicted molar refractivity (Wildman–Crippen MR) is 135 cm³/mol. The molecule has 0 spiro atoms. The van der Waals surface area contributed by atoms with Gasteiger partial charge in [0.25, 0.3) is 0 Å². The van der Waals surface area contributed by atoms with E-state index in [1.54, 1.807) is 0 Å². The number of carbonyl (C=O) groups is 2. The van der Waals surface area contributed by atoms with E-state index in [2.05, 4.69) is 47.6 Å². The number of carboxylic acids is 2. The zero-order chi connectivity index (χ0) is 25.8. The van der Waals surface area contributed by atoms with Gasteiger partial charge in [-0.1, -0.05) is 53.2 Å². The van der Waals surface area contributed by atoms with Crippen molar-refractivity contribution in [2.24, 2.45) is 56.7 Å². The van der Waals surface area contributed by atoms with Crippen molar-refractivity contribution >= 4 is 11.9 Å². The van der Waals surface area contributed by atoms with Gasteiger partial charge in [-0.15, -0.1) is 0 Å². The van der Waals surface area contributed by atoms with Crippen LogP contribution in [0.3, 0.4) is 0 Å². The molecule has 5 heteroatoms. The van der Waals surface area contributed by atoms with Crippen LogP contribution in [-0.4, -0.2) is 33.4 Å². The Hall–Kier alpha value is -1.36. The summed E-state index contributed by atoms with van der Waals surface area (Å²) in [4.78, 5) is 26.3. The normalized spacial score (nSPS) is 52.7. The SMILES string of the molecule is CC1CC[C@]2(C(=O)O)CC[C@]3(C(=O)O)C(=CC[C@@H]4[C@@]5(C)CCC(O)C(C)(C)[C@@H]5CC[C@]43C)[C@@H]2C1C. The third-order valence-electron chi connectivity index (χ3n) is 13.2. The van der Waals surface area contributed by atoms with Gasteiger partial charge in [0.2, 0.25) is 0 Å². The van der Waals surface area contributed by atoms with E-state index < -0.39 is 28.2 Å². The molecule has 3 N–H and O–H groups in total. The van der Waals surface area contributed by atoms with Crippen LogP contribution in [0.1, 0.15) is 99.3 Å². The van der Waals surface area contributed by atoms with Crippen LogP contribution in [0.25, 0.3) is 0 Å². The standard InChI is InChI=1S/C30H46O5/c1-17-9-14-29(24(32)33)15-16-30(25(34)35)19(23(29)18(17)2)7-8-21-27(5)12-11-22(31)26(3,4)20(27)10-13-28(21,30)6/h7,17-18,20-23,31H,8-16H2,1-6H3,(H,32,33)(H,34,35)/t17?,18?,20-,21+,22?,23-,27-,28+,29-,30+/m0/s1. The smallest absolute Gasteiger partial charge is 0.314 e. The average molecular weight is 487 g/mol. The number of aliphatic carboxylic acids is 2. The molecule has 0 saturated heterocycles. The Labute approximate surface area is 210 Å². The summed E-state index contributed by atoms with van der Waals surface area (Å²) in [6.45, 7) is 13.4. The zero-order valence-corrected chi connectivity index (χ0v) is 22.6. The summed E-state index contributed by atoms with van der Waals surface area (Å²) < 4.78 is 0. The second-order valence-electron chi connectivity index (χ2n) is 14.4. The molecule has 0 aromatic heterocycles. The van der Waals surface area contributed by atoms with Crippen molar-refractivity contribution in [3.8, 4) is 0 Å². The number of allylic oxidation sites excluding steroid dienone is 1. The van der Waals surface area contributed by atoms with E-state index in [1.165, 1.54) is 0 Å². The lowest BCUT2D eigenvalue weighted by atomic mass is 9.33. The van der Waals surface area contributed by atoms with Crippen molar-refractivity contribution in [3.63, 3.8) is 0 Å². The summed E-state index contributed by atoms with van der Waals surface area (Å²) in [5.74, 6) is -0.563. The fraction of sp³-hybridized carbons (Fsp3) is 0.867. The molecule has 10 atom stereocenters. The highest BCUT2D eigenvalue weighted by atomic mass is 16.4. The van der Waals surface area contributed by atoms with Gasteiger partial charge in [-0.3, -0.25) is 9.59 Å². The molecule has 0 amide bonds. The zero-order valence-electron chi connectivity index (χ0n) is 22.6. The minimum atomic E-state index is -1.00.